The predicted octanol–water partition coefficient (Wildman–Crippen LogP) is 4.92. The van der Waals surface area contributed by atoms with E-state index >= 15 is 0 Å². The van der Waals surface area contributed by atoms with E-state index in [2.05, 4.69) is 11.6 Å². The standard InChI is InChI=1S/C20H20N2O2S2/c1-3-9-22(20(23)18-8-5-10-25-18)12-16-14-26-19(21-16)13-24-17-7-4-6-15(2)11-17/h3-8,10-11,14H,1,9,12-13H2,2H3. The third-order valence-corrected chi connectivity index (χ3v) is 5.40. The first kappa shape index (κ1) is 18.4. The minimum absolute atomic E-state index is 0.00506. The van der Waals surface area contributed by atoms with Gasteiger partial charge in [-0.3, -0.25) is 4.79 Å². The Kier molecular flexibility index (Phi) is 6.20. The van der Waals surface area contributed by atoms with Crippen molar-refractivity contribution in [2.24, 2.45) is 0 Å². The molecule has 6 heteroatoms. The molecule has 0 radical (unpaired) electrons. The molecule has 0 saturated carbocycles. The highest BCUT2D eigenvalue weighted by atomic mass is 32.1. The number of aromatic nitrogens is 1. The van der Waals surface area contributed by atoms with Crippen LogP contribution in [-0.2, 0) is 13.2 Å². The van der Waals surface area contributed by atoms with Crippen molar-refractivity contribution in [3.05, 3.63) is 81.0 Å². The minimum Gasteiger partial charge on any atom is -0.486 e. The number of rotatable bonds is 8. The summed E-state index contributed by atoms with van der Waals surface area (Å²) in [6.45, 7) is 7.16. The van der Waals surface area contributed by atoms with Crippen LogP contribution in [0.5, 0.6) is 5.75 Å². The SMILES string of the molecule is C=CCN(Cc1csc(COc2cccc(C)c2)n1)C(=O)c1cccs1. The fourth-order valence-electron chi connectivity index (χ4n) is 2.46. The molecule has 0 spiro atoms. The van der Waals surface area contributed by atoms with Gasteiger partial charge in [0.1, 0.15) is 17.4 Å². The van der Waals surface area contributed by atoms with E-state index in [1.165, 1.54) is 11.3 Å². The minimum atomic E-state index is 0.00506. The smallest absolute Gasteiger partial charge is 0.264 e. The molecule has 3 rings (SSSR count). The molecule has 4 nitrogen and oxygen atoms in total. The highest BCUT2D eigenvalue weighted by Crippen LogP contribution is 2.19. The number of ether oxygens (including phenoxy) is 1. The molecule has 2 heterocycles. The van der Waals surface area contributed by atoms with Crippen LogP contribution in [0.2, 0.25) is 0 Å². The van der Waals surface area contributed by atoms with Gasteiger partial charge in [0.05, 0.1) is 17.1 Å². The van der Waals surface area contributed by atoms with Crippen molar-refractivity contribution in [2.75, 3.05) is 6.54 Å². The number of hydrogen-bond donors (Lipinski definition) is 0. The Morgan fingerprint density at radius 1 is 1.31 bits per heavy atom. The van der Waals surface area contributed by atoms with Gasteiger partial charge in [0, 0.05) is 11.9 Å². The largest absolute Gasteiger partial charge is 0.486 e. The maximum atomic E-state index is 12.6. The van der Waals surface area contributed by atoms with Crippen molar-refractivity contribution >= 4 is 28.6 Å². The van der Waals surface area contributed by atoms with Gasteiger partial charge in [-0.25, -0.2) is 4.98 Å². The first-order valence-electron chi connectivity index (χ1n) is 8.22. The molecule has 134 valence electrons. The third kappa shape index (κ3) is 4.80. The summed E-state index contributed by atoms with van der Waals surface area (Å²) in [6.07, 6.45) is 1.74. The van der Waals surface area contributed by atoms with Gasteiger partial charge in [-0.2, -0.15) is 0 Å². The highest BCUT2D eigenvalue weighted by molar-refractivity contribution is 7.12. The van der Waals surface area contributed by atoms with E-state index in [1.807, 2.05) is 54.1 Å². The molecular formula is C20H20N2O2S2. The van der Waals surface area contributed by atoms with Crippen LogP contribution in [0.4, 0.5) is 0 Å². The van der Waals surface area contributed by atoms with Crippen LogP contribution < -0.4 is 4.74 Å². The molecule has 1 amide bonds. The average molecular weight is 385 g/mol. The number of hydrogen-bond acceptors (Lipinski definition) is 5. The molecular weight excluding hydrogens is 364 g/mol. The second kappa shape index (κ2) is 8.78. The zero-order chi connectivity index (χ0) is 18.4. The summed E-state index contributed by atoms with van der Waals surface area (Å²) in [4.78, 5) is 19.7. The maximum Gasteiger partial charge on any atom is 0.264 e. The number of carbonyl (C=O) groups is 1. The van der Waals surface area contributed by atoms with Crippen LogP contribution in [0.15, 0.2) is 59.8 Å². The van der Waals surface area contributed by atoms with E-state index in [4.69, 9.17) is 4.74 Å². The summed E-state index contributed by atoms with van der Waals surface area (Å²) in [7, 11) is 0. The molecule has 0 atom stereocenters. The summed E-state index contributed by atoms with van der Waals surface area (Å²) in [5, 5.41) is 4.78. The summed E-state index contributed by atoms with van der Waals surface area (Å²) in [6, 6.07) is 11.7. The number of thiazole rings is 1. The number of thiophene rings is 1. The Hall–Kier alpha value is -2.44. The van der Waals surface area contributed by atoms with Gasteiger partial charge in [-0.1, -0.05) is 24.3 Å². The van der Waals surface area contributed by atoms with Crippen molar-refractivity contribution in [2.45, 2.75) is 20.1 Å². The summed E-state index contributed by atoms with van der Waals surface area (Å²) in [5.74, 6) is 0.841. The lowest BCUT2D eigenvalue weighted by Crippen LogP contribution is -2.30. The molecule has 2 aromatic heterocycles. The number of aryl methyl sites for hydroxylation is 1. The quantitative estimate of drug-likeness (QED) is 0.518. The Bertz CT molecular complexity index is 872. The Balaban J connectivity index is 1.62. The Morgan fingerprint density at radius 3 is 2.92 bits per heavy atom. The van der Waals surface area contributed by atoms with E-state index < -0.39 is 0 Å². The van der Waals surface area contributed by atoms with Crippen LogP contribution in [0, 0.1) is 6.92 Å². The van der Waals surface area contributed by atoms with E-state index in [-0.39, 0.29) is 5.91 Å². The predicted molar refractivity (Wildman–Crippen MR) is 107 cm³/mol. The lowest BCUT2D eigenvalue weighted by molar-refractivity contribution is 0.0766. The lowest BCUT2D eigenvalue weighted by Gasteiger charge is -2.19. The Morgan fingerprint density at radius 2 is 2.19 bits per heavy atom. The molecule has 0 fully saturated rings. The van der Waals surface area contributed by atoms with Crippen molar-refractivity contribution in [3.8, 4) is 5.75 Å². The van der Waals surface area contributed by atoms with E-state index in [0.717, 1.165) is 26.9 Å². The van der Waals surface area contributed by atoms with Crippen molar-refractivity contribution in [1.29, 1.82) is 0 Å². The molecule has 0 N–H and O–H groups in total. The van der Waals surface area contributed by atoms with Gasteiger partial charge in [0.15, 0.2) is 0 Å². The van der Waals surface area contributed by atoms with Gasteiger partial charge in [0.25, 0.3) is 5.91 Å². The highest BCUT2D eigenvalue weighted by Gasteiger charge is 2.17. The van der Waals surface area contributed by atoms with Gasteiger partial charge in [0.2, 0.25) is 0 Å². The van der Waals surface area contributed by atoms with Crippen molar-refractivity contribution in [1.82, 2.24) is 9.88 Å². The average Bonchev–Trinajstić information content (AvgIpc) is 3.31. The van der Waals surface area contributed by atoms with Crippen LogP contribution in [-0.4, -0.2) is 22.3 Å². The first-order chi connectivity index (χ1) is 12.7. The molecule has 3 aromatic rings. The van der Waals surface area contributed by atoms with Crippen LogP contribution in [0.25, 0.3) is 0 Å². The zero-order valence-corrected chi connectivity index (χ0v) is 16.2. The van der Waals surface area contributed by atoms with Gasteiger partial charge < -0.3 is 9.64 Å². The number of benzene rings is 1. The normalized spacial score (nSPS) is 10.5. The molecule has 26 heavy (non-hydrogen) atoms. The fraction of sp³-hybridized carbons (Fsp3) is 0.200. The van der Waals surface area contributed by atoms with Crippen molar-refractivity contribution in [3.63, 3.8) is 0 Å². The molecule has 0 saturated heterocycles. The fourth-order valence-corrected chi connectivity index (χ4v) is 3.85. The monoisotopic (exact) mass is 384 g/mol. The number of carbonyl (C=O) groups excluding carboxylic acids is 1. The number of nitrogens with zero attached hydrogens (tertiary/aromatic N) is 2. The lowest BCUT2D eigenvalue weighted by atomic mass is 10.2. The van der Waals surface area contributed by atoms with Gasteiger partial charge in [-0.15, -0.1) is 29.3 Å². The zero-order valence-electron chi connectivity index (χ0n) is 14.6. The molecule has 0 unspecified atom stereocenters. The number of amides is 1. The van der Waals surface area contributed by atoms with Crippen LogP contribution in [0.1, 0.15) is 25.9 Å². The van der Waals surface area contributed by atoms with E-state index in [9.17, 15) is 4.79 Å². The molecule has 0 bridgehead atoms. The van der Waals surface area contributed by atoms with Gasteiger partial charge in [-0.05, 0) is 36.1 Å². The molecule has 0 aliphatic carbocycles. The second-order valence-corrected chi connectivity index (χ2v) is 7.68. The molecule has 1 aromatic carbocycles. The van der Waals surface area contributed by atoms with Gasteiger partial charge >= 0.3 is 0 Å². The summed E-state index contributed by atoms with van der Waals surface area (Å²) >= 11 is 2.99. The third-order valence-electron chi connectivity index (χ3n) is 3.67. The summed E-state index contributed by atoms with van der Waals surface area (Å²) < 4.78 is 5.80. The first-order valence-corrected chi connectivity index (χ1v) is 9.98. The van der Waals surface area contributed by atoms with Crippen molar-refractivity contribution < 1.29 is 9.53 Å². The van der Waals surface area contributed by atoms with E-state index in [0.29, 0.717) is 19.7 Å². The topological polar surface area (TPSA) is 42.4 Å². The Labute approximate surface area is 161 Å². The van der Waals surface area contributed by atoms with Crippen LogP contribution in [0.3, 0.4) is 0 Å². The summed E-state index contributed by atoms with van der Waals surface area (Å²) in [5.41, 5.74) is 2.03. The molecule has 0 aliphatic heterocycles. The van der Waals surface area contributed by atoms with Crippen LogP contribution >= 0.6 is 22.7 Å². The second-order valence-electron chi connectivity index (χ2n) is 5.79. The molecule has 0 aliphatic rings. The maximum absolute atomic E-state index is 12.6. The van der Waals surface area contributed by atoms with E-state index in [1.54, 1.807) is 22.3 Å².